The number of hydrogen-bond acceptors (Lipinski definition) is 4. The Kier molecular flexibility index (Phi) is 3.90. The number of ether oxygens (including phenoxy) is 1. The average Bonchev–Trinajstić information content (AvgIpc) is 2.68. The first kappa shape index (κ1) is 12.9. The number of carbonyl (C=O) groups is 1. The van der Waals surface area contributed by atoms with Crippen molar-refractivity contribution in [1.29, 1.82) is 0 Å². The molecular formula is C12H15FN2O3. The van der Waals surface area contributed by atoms with Gasteiger partial charge in [-0.3, -0.25) is 4.79 Å². The Morgan fingerprint density at radius 2 is 2.17 bits per heavy atom. The van der Waals surface area contributed by atoms with Gasteiger partial charge in [0, 0.05) is 12.1 Å². The number of amides is 1. The number of nitrogens with one attached hydrogen (secondary N) is 1. The zero-order valence-corrected chi connectivity index (χ0v) is 9.67. The van der Waals surface area contributed by atoms with E-state index in [2.05, 4.69) is 5.32 Å². The lowest BCUT2D eigenvalue weighted by Gasteiger charge is -2.15. The van der Waals surface area contributed by atoms with Gasteiger partial charge in [-0.1, -0.05) is 0 Å². The summed E-state index contributed by atoms with van der Waals surface area (Å²) < 4.78 is 17.9. The molecule has 1 heterocycles. The molecule has 18 heavy (non-hydrogen) atoms. The van der Waals surface area contributed by atoms with Crippen molar-refractivity contribution in [2.75, 3.05) is 13.2 Å². The van der Waals surface area contributed by atoms with Gasteiger partial charge < -0.3 is 20.9 Å². The number of rotatable bonds is 3. The van der Waals surface area contributed by atoms with Crippen molar-refractivity contribution in [2.45, 2.75) is 18.2 Å². The SMILES string of the molecule is N[C@H]1CO[C@H](CNC(=O)c2ccc(F)cc2)[C@@H]1O. The fourth-order valence-electron chi connectivity index (χ4n) is 1.78. The third kappa shape index (κ3) is 2.84. The van der Waals surface area contributed by atoms with E-state index >= 15 is 0 Å². The highest BCUT2D eigenvalue weighted by molar-refractivity contribution is 5.94. The molecule has 0 radical (unpaired) electrons. The number of carbonyl (C=O) groups excluding carboxylic acids is 1. The highest BCUT2D eigenvalue weighted by Gasteiger charge is 2.33. The summed E-state index contributed by atoms with van der Waals surface area (Å²) in [4.78, 5) is 11.7. The van der Waals surface area contributed by atoms with Gasteiger partial charge in [0.2, 0.25) is 0 Å². The highest BCUT2D eigenvalue weighted by Crippen LogP contribution is 2.12. The molecule has 4 N–H and O–H groups in total. The molecule has 0 aliphatic carbocycles. The van der Waals surface area contributed by atoms with E-state index in [4.69, 9.17) is 10.5 Å². The Bertz CT molecular complexity index is 424. The molecule has 1 saturated heterocycles. The maximum atomic E-state index is 12.7. The van der Waals surface area contributed by atoms with Crippen molar-refractivity contribution < 1.29 is 19.0 Å². The molecule has 98 valence electrons. The molecule has 0 aromatic heterocycles. The summed E-state index contributed by atoms with van der Waals surface area (Å²) in [5.41, 5.74) is 5.93. The van der Waals surface area contributed by atoms with Crippen LogP contribution in [0.15, 0.2) is 24.3 Å². The van der Waals surface area contributed by atoms with Gasteiger partial charge in [0.1, 0.15) is 11.9 Å². The largest absolute Gasteiger partial charge is 0.389 e. The molecule has 5 nitrogen and oxygen atoms in total. The van der Waals surface area contributed by atoms with E-state index < -0.39 is 24.1 Å². The van der Waals surface area contributed by atoms with Crippen LogP contribution in [-0.2, 0) is 4.74 Å². The number of aliphatic hydroxyl groups excluding tert-OH is 1. The van der Waals surface area contributed by atoms with Gasteiger partial charge in [-0.15, -0.1) is 0 Å². The van der Waals surface area contributed by atoms with Crippen LogP contribution in [0.25, 0.3) is 0 Å². The second-order valence-electron chi connectivity index (χ2n) is 4.24. The minimum atomic E-state index is -0.779. The van der Waals surface area contributed by atoms with E-state index in [0.29, 0.717) is 5.56 Å². The summed E-state index contributed by atoms with van der Waals surface area (Å²) in [5, 5.41) is 12.2. The third-order valence-corrected chi connectivity index (χ3v) is 2.89. The summed E-state index contributed by atoms with van der Waals surface area (Å²) >= 11 is 0. The smallest absolute Gasteiger partial charge is 0.251 e. The van der Waals surface area contributed by atoms with Crippen molar-refractivity contribution >= 4 is 5.91 Å². The monoisotopic (exact) mass is 254 g/mol. The Balaban J connectivity index is 1.87. The van der Waals surface area contributed by atoms with Crippen molar-refractivity contribution in [2.24, 2.45) is 5.73 Å². The first-order chi connectivity index (χ1) is 8.58. The Morgan fingerprint density at radius 1 is 1.50 bits per heavy atom. The number of benzene rings is 1. The molecule has 1 aliphatic rings. The molecule has 2 rings (SSSR count). The minimum absolute atomic E-state index is 0.172. The van der Waals surface area contributed by atoms with E-state index in [1.807, 2.05) is 0 Å². The van der Waals surface area contributed by atoms with Crippen molar-refractivity contribution in [3.63, 3.8) is 0 Å². The van der Waals surface area contributed by atoms with Crippen LogP contribution in [0.3, 0.4) is 0 Å². The predicted octanol–water partition coefficient (Wildman–Crippen LogP) is -0.358. The number of aliphatic hydroxyl groups is 1. The van der Waals surface area contributed by atoms with Crippen LogP contribution < -0.4 is 11.1 Å². The molecule has 0 bridgehead atoms. The normalized spacial score (nSPS) is 27.2. The molecule has 3 atom stereocenters. The summed E-state index contributed by atoms with van der Waals surface area (Å²) in [6.45, 7) is 0.448. The Hall–Kier alpha value is -1.50. The molecule has 1 aromatic rings. The number of halogens is 1. The fraction of sp³-hybridized carbons (Fsp3) is 0.417. The predicted molar refractivity (Wildman–Crippen MR) is 62.5 cm³/mol. The van der Waals surface area contributed by atoms with E-state index in [9.17, 15) is 14.3 Å². The topological polar surface area (TPSA) is 84.6 Å². The number of nitrogens with two attached hydrogens (primary N) is 1. The second kappa shape index (κ2) is 5.43. The molecule has 0 spiro atoms. The van der Waals surface area contributed by atoms with Crippen LogP contribution in [0, 0.1) is 5.82 Å². The van der Waals surface area contributed by atoms with Crippen molar-refractivity contribution in [1.82, 2.24) is 5.32 Å². The molecular weight excluding hydrogens is 239 g/mol. The molecule has 1 amide bonds. The zero-order chi connectivity index (χ0) is 13.1. The lowest BCUT2D eigenvalue weighted by molar-refractivity contribution is 0.0407. The second-order valence-corrected chi connectivity index (χ2v) is 4.24. The van der Waals surface area contributed by atoms with Gasteiger partial charge in [-0.2, -0.15) is 0 Å². The van der Waals surface area contributed by atoms with Crippen LogP contribution in [0.4, 0.5) is 4.39 Å². The van der Waals surface area contributed by atoms with Gasteiger partial charge in [0.15, 0.2) is 0 Å². The fourth-order valence-corrected chi connectivity index (χ4v) is 1.78. The van der Waals surface area contributed by atoms with E-state index in [-0.39, 0.29) is 19.1 Å². The van der Waals surface area contributed by atoms with Gasteiger partial charge in [-0.05, 0) is 24.3 Å². The molecule has 1 fully saturated rings. The Labute approximate surface area is 104 Å². The van der Waals surface area contributed by atoms with Crippen molar-refractivity contribution in [3.8, 4) is 0 Å². The number of hydrogen-bond donors (Lipinski definition) is 3. The average molecular weight is 254 g/mol. The van der Waals surface area contributed by atoms with Gasteiger partial charge in [-0.25, -0.2) is 4.39 Å². The van der Waals surface area contributed by atoms with Crippen LogP contribution in [0.1, 0.15) is 10.4 Å². The quantitative estimate of drug-likeness (QED) is 0.688. The summed E-state index contributed by atoms with van der Waals surface area (Å²) in [6.07, 6.45) is -1.28. The van der Waals surface area contributed by atoms with Crippen LogP contribution >= 0.6 is 0 Å². The maximum Gasteiger partial charge on any atom is 0.251 e. The summed E-state index contributed by atoms with van der Waals surface area (Å²) in [7, 11) is 0. The highest BCUT2D eigenvalue weighted by atomic mass is 19.1. The maximum absolute atomic E-state index is 12.7. The molecule has 0 unspecified atom stereocenters. The molecule has 1 aromatic carbocycles. The van der Waals surface area contributed by atoms with E-state index in [1.165, 1.54) is 24.3 Å². The van der Waals surface area contributed by atoms with Crippen LogP contribution in [0.5, 0.6) is 0 Å². The molecule has 6 heteroatoms. The molecule has 0 saturated carbocycles. The third-order valence-electron chi connectivity index (χ3n) is 2.89. The van der Waals surface area contributed by atoms with Gasteiger partial charge in [0.25, 0.3) is 5.91 Å². The zero-order valence-electron chi connectivity index (χ0n) is 9.67. The summed E-state index contributed by atoms with van der Waals surface area (Å²) in [5.74, 6) is -0.738. The minimum Gasteiger partial charge on any atom is -0.389 e. The van der Waals surface area contributed by atoms with Crippen molar-refractivity contribution in [3.05, 3.63) is 35.6 Å². The first-order valence-electron chi connectivity index (χ1n) is 5.67. The molecule has 1 aliphatic heterocycles. The van der Waals surface area contributed by atoms with Gasteiger partial charge >= 0.3 is 0 Å². The first-order valence-corrected chi connectivity index (χ1v) is 5.67. The standard InChI is InChI=1S/C12H15FN2O3/c13-8-3-1-7(2-4-8)12(17)15-5-10-11(16)9(14)6-18-10/h1-4,9-11,16H,5-6,14H2,(H,15,17)/t9-,10+,11+/m0/s1. The summed E-state index contributed by atoms with van der Waals surface area (Å²) in [6, 6.07) is 4.79. The lowest BCUT2D eigenvalue weighted by Crippen LogP contribution is -2.42. The van der Waals surface area contributed by atoms with Crippen LogP contribution in [-0.4, -0.2) is 42.4 Å². The van der Waals surface area contributed by atoms with Gasteiger partial charge in [0.05, 0.1) is 18.8 Å². The lowest BCUT2D eigenvalue weighted by atomic mass is 10.1. The Morgan fingerprint density at radius 3 is 2.72 bits per heavy atom. The van der Waals surface area contributed by atoms with E-state index in [0.717, 1.165) is 0 Å². The van der Waals surface area contributed by atoms with E-state index in [1.54, 1.807) is 0 Å². The van der Waals surface area contributed by atoms with Crippen LogP contribution in [0.2, 0.25) is 0 Å².